The molecule has 0 unspecified atom stereocenters. The van der Waals surface area contributed by atoms with Crippen molar-refractivity contribution in [1.82, 2.24) is 25.3 Å². The van der Waals surface area contributed by atoms with Crippen molar-refractivity contribution >= 4 is 29.2 Å². The summed E-state index contributed by atoms with van der Waals surface area (Å²) in [5.41, 5.74) is 7.60. The number of piperazine rings is 1. The van der Waals surface area contributed by atoms with Gasteiger partial charge >= 0.3 is 0 Å². The van der Waals surface area contributed by atoms with Crippen LogP contribution in [-0.2, 0) is 14.4 Å². The van der Waals surface area contributed by atoms with Crippen LogP contribution in [0.4, 0.5) is 11.5 Å². The molecule has 0 spiro atoms. The molecule has 4 rings (SSSR count). The third-order valence-corrected chi connectivity index (χ3v) is 9.25. The molecular weight excluding hydrogens is 598 g/mol. The number of aromatic hydroxyl groups is 1. The first kappa shape index (κ1) is 35.9. The summed E-state index contributed by atoms with van der Waals surface area (Å²) in [6.07, 6.45) is 6.43. The molecule has 2 aliphatic rings. The monoisotopic (exact) mass is 651 g/mol. The van der Waals surface area contributed by atoms with Gasteiger partial charge in [-0.1, -0.05) is 58.6 Å². The average molecular weight is 652 g/mol. The van der Waals surface area contributed by atoms with E-state index in [9.17, 15) is 24.6 Å². The van der Waals surface area contributed by atoms with Crippen LogP contribution in [0.15, 0.2) is 30.3 Å². The van der Waals surface area contributed by atoms with E-state index in [2.05, 4.69) is 20.4 Å². The van der Waals surface area contributed by atoms with Crippen molar-refractivity contribution in [1.29, 1.82) is 0 Å². The van der Waals surface area contributed by atoms with Gasteiger partial charge in [-0.15, -0.1) is 10.2 Å². The maximum Gasteiger partial charge on any atom is 0.246 e. The number of anilines is 2. The highest BCUT2D eigenvalue weighted by atomic mass is 16.3. The van der Waals surface area contributed by atoms with E-state index in [4.69, 9.17) is 5.73 Å². The maximum absolute atomic E-state index is 13.2. The van der Waals surface area contributed by atoms with Crippen LogP contribution in [0.3, 0.4) is 0 Å². The Morgan fingerprint density at radius 2 is 1.62 bits per heavy atom. The van der Waals surface area contributed by atoms with Crippen molar-refractivity contribution in [2.45, 2.75) is 104 Å². The number of hydrogen-bond acceptors (Lipinski definition) is 9. The van der Waals surface area contributed by atoms with E-state index in [-0.39, 0.29) is 29.5 Å². The molecule has 3 atom stereocenters. The number of nitrogens with zero attached hydrogens (tertiary/aromatic N) is 5. The summed E-state index contributed by atoms with van der Waals surface area (Å²) < 4.78 is 0. The molecule has 12 heteroatoms. The molecule has 1 aromatic carbocycles. The van der Waals surface area contributed by atoms with Crippen molar-refractivity contribution in [3.05, 3.63) is 30.3 Å². The van der Waals surface area contributed by atoms with Crippen LogP contribution in [0.1, 0.15) is 85.5 Å². The normalized spacial score (nSPS) is 19.1. The summed E-state index contributed by atoms with van der Waals surface area (Å²) in [6.45, 7) is 10.6. The predicted octanol–water partition coefficient (Wildman–Crippen LogP) is 3.71. The molecule has 3 heterocycles. The lowest BCUT2D eigenvalue weighted by atomic mass is 9.85. The Morgan fingerprint density at radius 1 is 0.979 bits per heavy atom. The van der Waals surface area contributed by atoms with Gasteiger partial charge in [0.15, 0.2) is 5.82 Å². The van der Waals surface area contributed by atoms with Crippen molar-refractivity contribution in [2.75, 3.05) is 43.4 Å². The van der Waals surface area contributed by atoms with Gasteiger partial charge in [0.2, 0.25) is 17.7 Å². The topological polar surface area (TPSA) is 165 Å². The third-order valence-electron chi connectivity index (χ3n) is 9.25. The first-order valence-corrected chi connectivity index (χ1v) is 17.1. The minimum absolute atomic E-state index is 0.0400. The molecule has 0 aliphatic carbocycles. The number of aliphatic hydroxyl groups is 1. The van der Waals surface area contributed by atoms with Crippen LogP contribution in [0, 0.1) is 5.41 Å². The van der Waals surface area contributed by atoms with Crippen LogP contribution in [0.2, 0.25) is 0 Å². The maximum atomic E-state index is 13.2. The van der Waals surface area contributed by atoms with Crippen molar-refractivity contribution in [3.8, 4) is 17.0 Å². The number of para-hydroxylation sites is 1. The van der Waals surface area contributed by atoms with Crippen molar-refractivity contribution < 1.29 is 24.6 Å². The number of nitrogens with one attached hydrogen (secondary N) is 1. The lowest BCUT2D eigenvalue weighted by molar-refractivity contribution is -0.140. The number of amides is 3. The largest absolute Gasteiger partial charge is 0.507 e. The Labute approximate surface area is 278 Å². The quantitative estimate of drug-likeness (QED) is 0.236. The van der Waals surface area contributed by atoms with Gasteiger partial charge in [-0.05, 0) is 49.8 Å². The number of aliphatic hydroxyl groups excluding tert-OH is 1. The summed E-state index contributed by atoms with van der Waals surface area (Å²) >= 11 is 0. The predicted molar refractivity (Wildman–Crippen MR) is 182 cm³/mol. The van der Waals surface area contributed by atoms with Gasteiger partial charge in [-0.3, -0.25) is 14.4 Å². The van der Waals surface area contributed by atoms with E-state index in [1.54, 1.807) is 23.1 Å². The molecule has 12 nitrogen and oxygen atoms in total. The number of carbonyl (C=O) groups is 3. The Balaban J connectivity index is 1.10. The van der Waals surface area contributed by atoms with E-state index in [1.165, 1.54) is 0 Å². The minimum atomic E-state index is -0.628. The first-order valence-electron chi connectivity index (χ1n) is 17.1. The SMILES string of the molecule is C[C@@H]1C[C@@H](O)CN1C(=O)[C@@H](NC(=O)CCCCCCCCC(=O)N1CCN(c2cc(-c3ccccc3O)nnc2N)CC1)C(C)(C)C. The van der Waals surface area contributed by atoms with E-state index in [0.29, 0.717) is 69.1 Å². The highest BCUT2D eigenvalue weighted by Crippen LogP contribution is 2.32. The van der Waals surface area contributed by atoms with E-state index in [1.807, 2.05) is 44.7 Å². The third kappa shape index (κ3) is 9.79. The van der Waals surface area contributed by atoms with Gasteiger partial charge in [0.1, 0.15) is 11.8 Å². The number of phenolic OH excluding ortho intramolecular Hbond substituents is 1. The van der Waals surface area contributed by atoms with Gasteiger partial charge in [0, 0.05) is 57.2 Å². The zero-order valence-electron chi connectivity index (χ0n) is 28.5. The Hall–Kier alpha value is -3.93. The molecule has 0 radical (unpaired) electrons. The number of hydrogen-bond donors (Lipinski definition) is 4. The van der Waals surface area contributed by atoms with E-state index in [0.717, 1.165) is 44.2 Å². The van der Waals surface area contributed by atoms with E-state index >= 15 is 0 Å². The smallest absolute Gasteiger partial charge is 0.246 e. The Kier molecular flexibility index (Phi) is 12.4. The summed E-state index contributed by atoms with van der Waals surface area (Å²) in [5, 5.41) is 31.4. The molecule has 2 aliphatic heterocycles. The molecule has 0 bridgehead atoms. The molecule has 258 valence electrons. The van der Waals surface area contributed by atoms with Crippen LogP contribution in [0.25, 0.3) is 11.3 Å². The number of aromatic nitrogens is 2. The van der Waals surface area contributed by atoms with E-state index < -0.39 is 17.6 Å². The summed E-state index contributed by atoms with van der Waals surface area (Å²) in [7, 11) is 0. The number of carbonyl (C=O) groups excluding carboxylic acids is 3. The molecule has 2 saturated heterocycles. The summed E-state index contributed by atoms with van der Waals surface area (Å²) in [6, 6.07) is 8.15. The van der Waals surface area contributed by atoms with Gasteiger partial charge in [0.05, 0.1) is 17.5 Å². The number of rotatable bonds is 13. The van der Waals surface area contributed by atoms with Gasteiger partial charge in [-0.25, -0.2) is 0 Å². The lowest BCUT2D eigenvalue weighted by Crippen LogP contribution is -2.55. The fourth-order valence-electron chi connectivity index (χ4n) is 6.45. The molecule has 0 saturated carbocycles. The second-order valence-corrected chi connectivity index (χ2v) is 14.1. The molecule has 47 heavy (non-hydrogen) atoms. The first-order chi connectivity index (χ1) is 22.3. The number of unbranched alkanes of at least 4 members (excludes halogenated alkanes) is 5. The average Bonchev–Trinajstić information content (AvgIpc) is 3.38. The second kappa shape index (κ2) is 16.3. The number of phenols is 1. The standard InChI is InChI=1S/C35H53N7O5/c1-24-21-25(43)23-42(24)34(47)32(35(2,3)4)37-30(45)15-9-7-5-6-8-10-16-31(46)41-19-17-40(18-20-41)28-22-27(38-39-33(28)36)26-13-11-12-14-29(26)44/h11-14,22,24-25,32,43-44H,5-10,15-21,23H2,1-4H3,(H2,36,39)(H,37,45)/t24-,25-,32-/m1/s1. The van der Waals surface area contributed by atoms with Crippen molar-refractivity contribution in [2.24, 2.45) is 5.41 Å². The number of nitrogen functional groups attached to an aromatic ring is 1. The number of β-amino-alcohol motifs (C(OH)–C–C–N with tert-alkyl or cyclic N) is 1. The second-order valence-electron chi connectivity index (χ2n) is 14.1. The van der Waals surface area contributed by atoms with Crippen molar-refractivity contribution in [3.63, 3.8) is 0 Å². The highest BCUT2D eigenvalue weighted by Gasteiger charge is 2.40. The minimum Gasteiger partial charge on any atom is -0.507 e. The highest BCUT2D eigenvalue weighted by molar-refractivity contribution is 5.88. The Morgan fingerprint density at radius 3 is 2.23 bits per heavy atom. The lowest BCUT2D eigenvalue weighted by Gasteiger charge is -2.36. The zero-order chi connectivity index (χ0) is 34.1. The fraction of sp³-hybridized carbons (Fsp3) is 0.629. The molecular formula is C35H53N7O5. The zero-order valence-corrected chi connectivity index (χ0v) is 28.5. The van der Waals surface area contributed by atoms with Crippen LogP contribution in [-0.4, -0.2) is 98.8 Å². The van der Waals surface area contributed by atoms with Gasteiger partial charge < -0.3 is 36.0 Å². The Bertz CT molecular complexity index is 1370. The van der Waals surface area contributed by atoms with Crippen LogP contribution in [0.5, 0.6) is 5.75 Å². The fourth-order valence-corrected chi connectivity index (χ4v) is 6.45. The van der Waals surface area contributed by atoms with Gasteiger partial charge in [0.25, 0.3) is 0 Å². The molecule has 3 amide bonds. The number of nitrogens with two attached hydrogens (primary N) is 1. The molecule has 2 fully saturated rings. The molecule has 1 aromatic heterocycles. The van der Waals surface area contributed by atoms with Gasteiger partial charge in [-0.2, -0.15) is 0 Å². The molecule has 2 aromatic rings. The van der Waals surface area contributed by atoms with Crippen LogP contribution >= 0.6 is 0 Å². The number of likely N-dealkylation sites (tertiary alicyclic amines) is 1. The van der Waals surface area contributed by atoms with Crippen LogP contribution < -0.4 is 16.0 Å². The summed E-state index contributed by atoms with van der Waals surface area (Å²) in [5.74, 6) is 0.377. The number of benzene rings is 1. The summed E-state index contributed by atoms with van der Waals surface area (Å²) in [4.78, 5) is 44.5. The molecule has 5 N–H and O–H groups in total.